The number of aliphatic imine (C=N–C) groups is 1. The van der Waals surface area contributed by atoms with Crippen LogP contribution in [0.4, 0.5) is 17.6 Å². The van der Waals surface area contributed by atoms with Gasteiger partial charge in [-0.05, 0) is 25.1 Å². The molecule has 3 heterocycles. The minimum atomic E-state index is -4.64. The van der Waals surface area contributed by atoms with Crippen LogP contribution in [0.3, 0.4) is 0 Å². The number of alkyl halides is 3. The van der Waals surface area contributed by atoms with Crippen LogP contribution in [-0.2, 0) is 15.5 Å². The number of hydrogen-bond donors (Lipinski definition) is 2. The van der Waals surface area contributed by atoms with E-state index in [-0.39, 0.29) is 11.7 Å². The van der Waals surface area contributed by atoms with E-state index >= 15 is 0 Å². The number of nitrogens with two attached hydrogens (primary N) is 1. The van der Waals surface area contributed by atoms with Gasteiger partial charge in [0.15, 0.2) is 0 Å². The second-order valence-electron chi connectivity index (χ2n) is 6.39. The van der Waals surface area contributed by atoms with Crippen molar-refractivity contribution >= 4 is 15.9 Å². The summed E-state index contributed by atoms with van der Waals surface area (Å²) in [4.78, 5) is 8.39. The second-order valence-corrected chi connectivity index (χ2v) is 8.70. The summed E-state index contributed by atoms with van der Waals surface area (Å²) in [6.07, 6.45) is -3.16. The first-order valence-electron chi connectivity index (χ1n) is 7.97. The van der Waals surface area contributed by atoms with Crippen molar-refractivity contribution in [3.05, 3.63) is 35.9 Å². The van der Waals surface area contributed by atoms with Crippen molar-refractivity contribution in [3.63, 3.8) is 0 Å². The third-order valence-electron chi connectivity index (χ3n) is 4.16. The first kappa shape index (κ1) is 20.0. The van der Waals surface area contributed by atoms with Gasteiger partial charge in [-0.2, -0.15) is 18.3 Å². The Morgan fingerprint density at radius 1 is 1.39 bits per heavy atom. The molecule has 0 aliphatic carbocycles. The van der Waals surface area contributed by atoms with Crippen LogP contribution in [0.5, 0.6) is 0 Å². The Bertz CT molecular complexity index is 1030. The Labute approximate surface area is 158 Å². The summed E-state index contributed by atoms with van der Waals surface area (Å²) in [7, 11) is -2.41. The van der Waals surface area contributed by atoms with Crippen molar-refractivity contribution in [1.29, 1.82) is 0 Å². The molecule has 1 unspecified atom stereocenters. The van der Waals surface area contributed by atoms with E-state index in [1.807, 2.05) is 0 Å². The molecule has 0 amide bonds. The first-order valence-corrected chi connectivity index (χ1v) is 9.61. The summed E-state index contributed by atoms with van der Waals surface area (Å²) in [5.41, 5.74) is 4.83. The lowest BCUT2D eigenvalue weighted by Gasteiger charge is -2.36. The SMILES string of the molecule is CN1C(N)=N[C@](C)(c2nc(-c3ccn[nH]3)ccc2F)CS1(=O)=NCC(F)(F)F. The number of nitrogens with one attached hydrogen (secondary N) is 1. The fraction of sp³-hybridized carbons (Fsp3) is 0.400. The van der Waals surface area contributed by atoms with Crippen LogP contribution >= 0.6 is 0 Å². The fourth-order valence-corrected chi connectivity index (χ4v) is 4.83. The summed E-state index contributed by atoms with van der Waals surface area (Å²) in [6.45, 7) is -0.221. The third-order valence-corrected chi connectivity index (χ3v) is 6.67. The Morgan fingerprint density at radius 3 is 2.71 bits per heavy atom. The lowest BCUT2D eigenvalue weighted by atomic mass is 9.99. The lowest BCUT2D eigenvalue weighted by molar-refractivity contribution is -0.117. The number of hydrogen-bond acceptors (Lipinski definition) is 6. The van der Waals surface area contributed by atoms with Crippen LogP contribution in [0.1, 0.15) is 12.6 Å². The number of aromatic amines is 1. The minimum Gasteiger partial charge on any atom is -0.369 e. The number of rotatable bonds is 3. The molecule has 0 saturated carbocycles. The summed E-state index contributed by atoms with van der Waals surface area (Å²) in [5.74, 6) is -1.59. The van der Waals surface area contributed by atoms with Crippen LogP contribution in [0.15, 0.2) is 33.8 Å². The zero-order valence-corrected chi connectivity index (χ0v) is 15.7. The molecule has 0 fully saturated rings. The van der Waals surface area contributed by atoms with Crippen LogP contribution < -0.4 is 5.73 Å². The zero-order chi connectivity index (χ0) is 20.7. The van der Waals surface area contributed by atoms with Crippen LogP contribution in [0.2, 0.25) is 0 Å². The molecule has 0 aromatic carbocycles. The summed E-state index contributed by atoms with van der Waals surface area (Å²) < 4.78 is 69.8. The van der Waals surface area contributed by atoms with E-state index in [0.717, 1.165) is 10.4 Å². The van der Waals surface area contributed by atoms with Crippen molar-refractivity contribution < 1.29 is 21.8 Å². The number of guanidine groups is 1. The highest BCUT2D eigenvalue weighted by Crippen LogP contribution is 2.34. The predicted molar refractivity (Wildman–Crippen MR) is 94.9 cm³/mol. The number of H-pyrrole nitrogens is 1. The quantitative estimate of drug-likeness (QED) is 0.741. The normalized spacial score (nSPS) is 25.5. The molecule has 13 heteroatoms. The maximum atomic E-state index is 14.6. The van der Waals surface area contributed by atoms with E-state index in [1.54, 1.807) is 6.07 Å². The highest BCUT2D eigenvalue weighted by Gasteiger charge is 2.42. The Hall–Kier alpha value is -2.70. The standard InChI is InChI=1S/C15H17F4N7OS/c1-14(12-9(16)3-4-10(23-12)11-5-6-21-25-11)8-28(27,22-7-15(17,18)19)26(2)13(20)24-14/h3-6H,7-8H2,1-2H3,(H2,20,24)(H,21,25)/t14-,28?/m0/s1. The molecule has 0 spiro atoms. The van der Waals surface area contributed by atoms with Gasteiger partial charge in [0.2, 0.25) is 5.96 Å². The summed E-state index contributed by atoms with van der Waals surface area (Å²) >= 11 is 0. The maximum Gasteiger partial charge on any atom is 0.408 e. The average Bonchev–Trinajstić information content (AvgIpc) is 3.12. The van der Waals surface area contributed by atoms with E-state index in [2.05, 4.69) is 24.5 Å². The van der Waals surface area contributed by atoms with Crippen molar-refractivity contribution in [2.75, 3.05) is 19.3 Å². The molecule has 3 N–H and O–H groups in total. The van der Waals surface area contributed by atoms with Gasteiger partial charge in [0.25, 0.3) is 0 Å². The monoisotopic (exact) mass is 419 g/mol. The molecule has 2 atom stereocenters. The van der Waals surface area contributed by atoms with Crippen LogP contribution in [0.25, 0.3) is 11.4 Å². The molecule has 8 nitrogen and oxygen atoms in total. The Kier molecular flexibility index (Phi) is 4.81. The minimum absolute atomic E-state index is 0.203. The molecule has 28 heavy (non-hydrogen) atoms. The molecule has 2 aromatic heterocycles. The summed E-state index contributed by atoms with van der Waals surface area (Å²) in [5, 5.41) is 6.47. The number of pyridine rings is 1. The highest BCUT2D eigenvalue weighted by atomic mass is 32.2. The molecule has 1 aliphatic heterocycles. The smallest absolute Gasteiger partial charge is 0.369 e. The maximum absolute atomic E-state index is 14.6. The molecule has 0 saturated heterocycles. The van der Waals surface area contributed by atoms with Gasteiger partial charge in [0.1, 0.15) is 33.5 Å². The molecule has 3 rings (SSSR count). The van der Waals surface area contributed by atoms with Crippen molar-refractivity contribution in [2.24, 2.45) is 15.1 Å². The van der Waals surface area contributed by atoms with Gasteiger partial charge in [-0.25, -0.2) is 22.9 Å². The molecule has 0 radical (unpaired) electrons. The molecule has 152 valence electrons. The van der Waals surface area contributed by atoms with Crippen LogP contribution in [-0.4, -0.2) is 55.2 Å². The van der Waals surface area contributed by atoms with Gasteiger partial charge in [-0.15, -0.1) is 0 Å². The van der Waals surface area contributed by atoms with Gasteiger partial charge in [-0.1, -0.05) is 0 Å². The largest absolute Gasteiger partial charge is 0.408 e. The molecule has 0 bridgehead atoms. The van der Waals surface area contributed by atoms with Gasteiger partial charge < -0.3 is 5.73 Å². The van der Waals surface area contributed by atoms with E-state index in [4.69, 9.17) is 5.73 Å². The molecular weight excluding hydrogens is 402 g/mol. The Balaban J connectivity index is 2.11. The molecule has 2 aromatic rings. The average molecular weight is 419 g/mol. The van der Waals surface area contributed by atoms with Crippen molar-refractivity contribution in [3.8, 4) is 11.4 Å². The van der Waals surface area contributed by atoms with E-state index in [1.165, 1.54) is 26.2 Å². The number of nitrogens with zero attached hydrogens (tertiary/aromatic N) is 5. The summed E-state index contributed by atoms with van der Waals surface area (Å²) in [6, 6.07) is 4.16. The zero-order valence-electron chi connectivity index (χ0n) is 14.9. The van der Waals surface area contributed by atoms with Crippen molar-refractivity contribution in [1.82, 2.24) is 19.5 Å². The van der Waals surface area contributed by atoms with Gasteiger partial charge >= 0.3 is 6.18 Å². The second kappa shape index (κ2) is 6.72. The fourth-order valence-electron chi connectivity index (χ4n) is 2.76. The van der Waals surface area contributed by atoms with Crippen molar-refractivity contribution in [2.45, 2.75) is 18.6 Å². The van der Waals surface area contributed by atoms with E-state index in [0.29, 0.717) is 11.4 Å². The third kappa shape index (κ3) is 3.79. The first-order chi connectivity index (χ1) is 12.9. The van der Waals surface area contributed by atoms with Crippen LogP contribution in [0, 0.1) is 5.82 Å². The van der Waals surface area contributed by atoms with Gasteiger partial charge in [0, 0.05) is 13.2 Å². The highest BCUT2D eigenvalue weighted by molar-refractivity contribution is 7.92. The molecular formula is C15H17F4N7OS. The number of aromatic nitrogens is 3. The van der Waals surface area contributed by atoms with Gasteiger partial charge in [0.05, 0.1) is 17.1 Å². The lowest BCUT2D eigenvalue weighted by Crippen LogP contribution is -2.51. The van der Waals surface area contributed by atoms with E-state index in [9.17, 15) is 21.8 Å². The molecule has 1 aliphatic rings. The van der Waals surface area contributed by atoms with Gasteiger partial charge in [-0.3, -0.25) is 9.40 Å². The van der Waals surface area contributed by atoms with E-state index < -0.39 is 39.7 Å². The topological polar surface area (TPSA) is 113 Å². The predicted octanol–water partition coefficient (Wildman–Crippen LogP) is 2.03. The Morgan fingerprint density at radius 2 is 2.11 bits per heavy atom. The number of halogens is 4.